The van der Waals surface area contributed by atoms with Crippen molar-refractivity contribution in [2.45, 2.75) is 18.9 Å². The quantitative estimate of drug-likeness (QED) is 0.752. The van der Waals surface area contributed by atoms with Crippen LogP contribution in [0.15, 0.2) is 9.22 Å². The van der Waals surface area contributed by atoms with Gasteiger partial charge in [0.05, 0.1) is 6.04 Å². The molecule has 1 aromatic heterocycles. The van der Waals surface area contributed by atoms with Gasteiger partial charge < -0.3 is 4.42 Å². The van der Waals surface area contributed by atoms with E-state index in [9.17, 15) is 0 Å². The molecule has 0 amide bonds. The van der Waals surface area contributed by atoms with Gasteiger partial charge in [-0.15, -0.1) is 10.2 Å². The second-order valence-electron chi connectivity index (χ2n) is 3.71. The van der Waals surface area contributed by atoms with Crippen LogP contribution < -0.4 is 0 Å². The molecule has 4 nitrogen and oxygen atoms in total. The first-order valence-corrected chi connectivity index (χ1v) is 5.37. The van der Waals surface area contributed by atoms with Gasteiger partial charge in [0.1, 0.15) is 0 Å². The van der Waals surface area contributed by atoms with E-state index < -0.39 is 0 Å². The number of hydrogen-bond acceptors (Lipinski definition) is 4. The second kappa shape index (κ2) is 2.78. The van der Waals surface area contributed by atoms with Crippen LogP contribution in [-0.4, -0.2) is 28.2 Å². The van der Waals surface area contributed by atoms with Crippen LogP contribution in [0.3, 0.4) is 0 Å². The second-order valence-corrected chi connectivity index (χ2v) is 4.39. The number of nitrogens with zero attached hydrogens (tertiary/aromatic N) is 3. The van der Waals surface area contributed by atoms with Gasteiger partial charge in [-0.25, -0.2) is 0 Å². The zero-order chi connectivity index (χ0) is 8.84. The molecule has 0 spiro atoms. The van der Waals surface area contributed by atoms with Crippen molar-refractivity contribution in [2.75, 3.05) is 13.1 Å². The maximum atomic E-state index is 5.40. The highest BCUT2D eigenvalue weighted by molar-refractivity contribution is 9.10. The summed E-state index contributed by atoms with van der Waals surface area (Å²) in [5, 5.41) is 7.86. The summed E-state index contributed by atoms with van der Waals surface area (Å²) in [6, 6.07) is 0.402. The zero-order valence-electron chi connectivity index (χ0n) is 7.11. The largest absolute Gasteiger partial charge is 0.414 e. The van der Waals surface area contributed by atoms with Gasteiger partial charge in [0.2, 0.25) is 5.89 Å². The van der Waals surface area contributed by atoms with Crippen molar-refractivity contribution in [2.24, 2.45) is 5.92 Å². The average Bonchev–Trinajstić information content (AvgIpc) is 2.78. The third-order valence-electron chi connectivity index (χ3n) is 3.08. The Morgan fingerprint density at radius 3 is 2.54 bits per heavy atom. The standard InChI is InChI=1S/C8H10BrN3O/c9-8-11-10-7(13-8)6-5-1-3-12(6)4-2-5/h5-6H,1-4H2. The van der Waals surface area contributed by atoms with Gasteiger partial charge in [0.25, 0.3) is 4.80 Å². The Bertz CT molecular complexity index is 307. The number of hydrogen-bond donors (Lipinski definition) is 0. The van der Waals surface area contributed by atoms with Crippen molar-refractivity contribution in [3.8, 4) is 0 Å². The van der Waals surface area contributed by atoms with Crippen LogP contribution in [0.5, 0.6) is 0 Å². The lowest BCUT2D eigenvalue weighted by Gasteiger charge is -2.14. The topological polar surface area (TPSA) is 42.2 Å². The van der Waals surface area contributed by atoms with E-state index in [0.29, 0.717) is 10.8 Å². The van der Waals surface area contributed by atoms with Gasteiger partial charge in [-0.05, 0) is 31.8 Å². The summed E-state index contributed by atoms with van der Waals surface area (Å²) >= 11 is 3.18. The lowest BCUT2D eigenvalue weighted by molar-refractivity contribution is 0.260. The van der Waals surface area contributed by atoms with Crippen LogP contribution >= 0.6 is 15.9 Å². The summed E-state index contributed by atoms with van der Waals surface area (Å²) in [6.07, 6.45) is 2.56. The van der Waals surface area contributed by atoms with E-state index in [1.807, 2.05) is 0 Å². The van der Waals surface area contributed by atoms with Crippen LogP contribution in [0.1, 0.15) is 24.8 Å². The Labute approximate surface area is 84.4 Å². The molecule has 1 atom stereocenters. The molecule has 13 heavy (non-hydrogen) atoms. The molecule has 1 unspecified atom stereocenters. The summed E-state index contributed by atoms with van der Waals surface area (Å²) in [5.74, 6) is 1.53. The van der Waals surface area contributed by atoms with E-state index in [1.165, 1.54) is 25.9 Å². The summed E-state index contributed by atoms with van der Waals surface area (Å²) in [6.45, 7) is 2.38. The Kier molecular flexibility index (Phi) is 1.70. The van der Waals surface area contributed by atoms with E-state index >= 15 is 0 Å². The van der Waals surface area contributed by atoms with Gasteiger partial charge in [0.15, 0.2) is 0 Å². The molecule has 2 aliphatic heterocycles. The number of aromatic nitrogens is 2. The Hall–Kier alpha value is -0.420. The van der Waals surface area contributed by atoms with Gasteiger partial charge in [0, 0.05) is 15.9 Å². The molecule has 2 bridgehead atoms. The first-order chi connectivity index (χ1) is 6.34. The number of halogens is 1. The number of piperidine rings is 1. The minimum absolute atomic E-state index is 0.402. The van der Waals surface area contributed by atoms with Gasteiger partial charge in [-0.1, -0.05) is 0 Å². The Morgan fingerprint density at radius 1 is 1.31 bits per heavy atom. The molecule has 0 aromatic carbocycles. The molecule has 3 heterocycles. The van der Waals surface area contributed by atoms with Gasteiger partial charge in [-0.3, -0.25) is 4.90 Å². The molecule has 0 aliphatic carbocycles. The van der Waals surface area contributed by atoms with Crippen molar-refractivity contribution >= 4 is 15.9 Å². The first-order valence-electron chi connectivity index (χ1n) is 4.57. The molecule has 2 fully saturated rings. The third-order valence-corrected chi connectivity index (χ3v) is 3.40. The Morgan fingerprint density at radius 2 is 2.08 bits per heavy atom. The van der Waals surface area contributed by atoms with Crippen LogP contribution in [-0.2, 0) is 0 Å². The highest BCUT2D eigenvalue weighted by atomic mass is 79.9. The maximum absolute atomic E-state index is 5.40. The molecule has 1 aromatic rings. The van der Waals surface area contributed by atoms with E-state index in [4.69, 9.17) is 4.42 Å². The zero-order valence-corrected chi connectivity index (χ0v) is 8.70. The normalized spacial score (nSPS) is 37.2. The highest BCUT2D eigenvalue weighted by Crippen LogP contribution is 2.44. The van der Waals surface area contributed by atoms with Crippen molar-refractivity contribution in [3.05, 3.63) is 10.7 Å². The van der Waals surface area contributed by atoms with E-state index in [-0.39, 0.29) is 0 Å². The average molecular weight is 244 g/mol. The van der Waals surface area contributed by atoms with Crippen molar-refractivity contribution in [1.82, 2.24) is 15.1 Å². The molecule has 5 heteroatoms. The lowest BCUT2D eigenvalue weighted by atomic mass is 10.00. The fraction of sp³-hybridized carbons (Fsp3) is 0.750. The molecule has 70 valence electrons. The molecule has 2 saturated heterocycles. The minimum Gasteiger partial charge on any atom is -0.414 e. The summed E-state index contributed by atoms with van der Waals surface area (Å²) in [5.41, 5.74) is 0. The van der Waals surface area contributed by atoms with Crippen LogP contribution in [0.25, 0.3) is 0 Å². The monoisotopic (exact) mass is 243 g/mol. The smallest absolute Gasteiger partial charge is 0.284 e. The molecule has 0 N–H and O–H groups in total. The summed E-state index contributed by atoms with van der Waals surface area (Å²) in [4.78, 5) is 2.93. The van der Waals surface area contributed by atoms with E-state index in [1.54, 1.807) is 0 Å². The van der Waals surface area contributed by atoms with Gasteiger partial charge >= 0.3 is 0 Å². The predicted molar refractivity (Wildman–Crippen MR) is 49.0 cm³/mol. The summed E-state index contributed by atoms with van der Waals surface area (Å²) < 4.78 is 5.40. The van der Waals surface area contributed by atoms with Gasteiger partial charge in [-0.2, -0.15) is 0 Å². The van der Waals surface area contributed by atoms with Crippen LogP contribution in [0.2, 0.25) is 0 Å². The fourth-order valence-corrected chi connectivity index (χ4v) is 2.75. The third kappa shape index (κ3) is 1.14. The maximum Gasteiger partial charge on any atom is 0.284 e. The fourth-order valence-electron chi connectivity index (χ4n) is 2.50. The SMILES string of the molecule is Brc1nnc(C2C3CCN2CC3)o1. The van der Waals surface area contributed by atoms with Crippen molar-refractivity contribution in [3.63, 3.8) is 0 Å². The number of rotatable bonds is 1. The van der Waals surface area contributed by atoms with Crippen LogP contribution in [0.4, 0.5) is 0 Å². The molecular formula is C8H10BrN3O. The summed E-state index contributed by atoms with van der Waals surface area (Å²) in [7, 11) is 0. The van der Waals surface area contributed by atoms with E-state index in [0.717, 1.165) is 11.8 Å². The van der Waals surface area contributed by atoms with Crippen molar-refractivity contribution < 1.29 is 4.42 Å². The minimum atomic E-state index is 0.402. The molecule has 3 rings (SSSR count). The Balaban J connectivity index is 1.93. The highest BCUT2D eigenvalue weighted by Gasteiger charge is 2.43. The molecule has 2 aliphatic rings. The molecular weight excluding hydrogens is 234 g/mol. The molecule has 0 radical (unpaired) electrons. The molecule has 0 saturated carbocycles. The van der Waals surface area contributed by atoms with Crippen LogP contribution in [0, 0.1) is 5.92 Å². The van der Waals surface area contributed by atoms with E-state index in [2.05, 4.69) is 31.0 Å². The number of fused-ring (bicyclic) bond motifs is 2. The lowest BCUT2D eigenvalue weighted by Crippen LogP contribution is -2.19. The predicted octanol–water partition coefficient (Wildman–Crippen LogP) is 1.60. The first kappa shape index (κ1) is 7.94. The van der Waals surface area contributed by atoms with Crippen molar-refractivity contribution in [1.29, 1.82) is 0 Å².